The van der Waals surface area contributed by atoms with Crippen LogP contribution in [0.3, 0.4) is 0 Å². The third kappa shape index (κ3) is 3.05. The van der Waals surface area contributed by atoms with E-state index >= 15 is 0 Å². The Bertz CT molecular complexity index is 816. The number of rotatable bonds is 4. The number of benzene rings is 2. The van der Waals surface area contributed by atoms with Gasteiger partial charge in [-0.15, -0.1) is 0 Å². The van der Waals surface area contributed by atoms with E-state index in [1.54, 1.807) is 0 Å². The zero-order chi connectivity index (χ0) is 16.4. The molecular weight excluding hydrogens is 298 g/mol. The zero-order valence-electron chi connectivity index (χ0n) is 13.8. The second kappa shape index (κ2) is 6.49. The molecule has 0 fully saturated rings. The molecule has 1 aromatic heterocycles. The Balaban J connectivity index is 1.52. The Morgan fingerprint density at radius 2 is 2.00 bits per heavy atom. The molecule has 1 aliphatic rings. The third-order valence-corrected chi connectivity index (χ3v) is 4.39. The highest BCUT2D eigenvalue weighted by molar-refractivity contribution is 5.59. The number of H-pyrrole nitrogens is 1. The molecule has 0 spiro atoms. The van der Waals surface area contributed by atoms with Crippen LogP contribution in [0.5, 0.6) is 5.75 Å². The fourth-order valence-corrected chi connectivity index (χ4v) is 3.05. The van der Waals surface area contributed by atoms with Crippen molar-refractivity contribution in [3.63, 3.8) is 0 Å². The predicted octanol–water partition coefficient (Wildman–Crippen LogP) is 3.61. The number of imidazole rings is 1. The lowest BCUT2D eigenvalue weighted by Gasteiger charge is -2.10. The maximum Gasteiger partial charge on any atom is 0.137 e. The summed E-state index contributed by atoms with van der Waals surface area (Å²) in [4.78, 5) is 8.19. The number of ether oxygens (including phenoxy) is 1. The molecule has 0 unspecified atom stereocenters. The second-order valence-electron chi connectivity index (χ2n) is 6.19. The number of nitrogens with one attached hydrogen (secondary N) is 2. The highest BCUT2D eigenvalue weighted by Gasteiger charge is 2.15. The first-order valence-electron chi connectivity index (χ1n) is 8.36. The van der Waals surface area contributed by atoms with Gasteiger partial charge in [0, 0.05) is 25.1 Å². The lowest BCUT2D eigenvalue weighted by atomic mass is 10.1. The molecule has 122 valence electrons. The lowest BCUT2D eigenvalue weighted by Crippen LogP contribution is -2.23. The van der Waals surface area contributed by atoms with Gasteiger partial charge in [0.1, 0.15) is 18.2 Å². The molecule has 0 bridgehead atoms. The molecule has 2 heterocycles. The number of aromatic nitrogens is 2. The number of aromatic amines is 1. The van der Waals surface area contributed by atoms with E-state index in [1.807, 2.05) is 24.3 Å². The van der Waals surface area contributed by atoms with Crippen LogP contribution in [0.15, 0.2) is 48.5 Å². The van der Waals surface area contributed by atoms with Crippen molar-refractivity contribution < 1.29 is 4.74 Å². The Morgan fingerprint density at radius 3 is 2.79 bits per heavy atom. The fraction of sp³-hybridized carbons (Fsp3) is 0.250. The molecule has 0 saturated carbocycles. The van der Waals surface area contributed by atoms with E-state index < -0.39 is 0 Å². The number of hydrogen-bond donors (Lipinski definition) is 2. The van der Waals surface area contributed by atoms with Crippen molar-refractivity contribution in [3.05, 3.63) is 71.0 Å². The van der Waals surface area contributed by atoms with Crippen LogP contribution in [0.2, 0.25) is 0 Å². The summed E-state index contributed by atoms with van der Waals surface area (Å²) in [5.74, 6) is 1.86. The summed E-state index contributed by atoms with van der Waals surface area (Å²) < 4.78 is 5.95. The van der Waals surface area contributed by atoms with Gasteiger partial charge in [0.05, 0.1) is 11.4 Å². The minimum Gasteiger partial charge on any atom is -0.489 e. The van der Waals surface area contributed by atoms with Crippen molar-refractivity contribution in [2.45, 2.75) is 26.5 Å². The number of fused-ring (bicyclic) bond motifs is 1. The van der Waals surface area contributed by atoms with Gasteiger partial charge >= 0.3 is 0 Å². The fourth-order valence-electron chi connectivity index (χ4n) is 3.05. The Morgan fingerprint density at radius 1 is 1.12 bits per heavy atom. The molecule has 0 amide bonds. The molecule has 0 saturated heterocycles. The Labute approximate surface area is 141 Å². The van der Waals surface area contributed by atoms with Crippen molar-refractivity contribution in [2.75, 3.05) is 6.54 Å². The minimum absolute atomic E-state index is 0.585. The molecule has 4 rings (SSSR count). The highest BCUT2D eigenvalue weighted by Crippen LogP contribution is 2.26. The Hall–Kier alpha value is -2.59. The molecule has 0 radical (unpaired) electrons. The average Bonchev–Trinajstić information content (AvgIpc) is 3.06. The van der Waals surface area contributed by atoms with Crippen LogP contribution in [0.4, 0.5) is 0 Å². The first-order valence-corrected chi connectivity index (χ1v) is 8.36. The van der Waals surface area contributed by atoms with Crippen LogP contribution in [0.25, 0.3) is 11.4 Å². The van der Waals surface area contributed by atoms with Gasteiger partial charge in [0.15, 0.2) is 0 Å². The van der Waals surface area contributed by atoms with Crippen molar-refractivity contribution in [3.8, 4) is 17.1 Å². The topological polar surface area (TPSA) is 49.9 Å². The Kier molecular flexibility index (Phi) is 4.05. The first kappa shape index (κ1) is 15.0. The number of hydrogen-bond acceptors (Lipinski definition) is 3. The molecule has 4 nitrogen and oxygen atoms in total. The SMILES string of the molecule is Cc1cc(-c2nc3c([nH]2)CNCC3)ccc1OCc1ccccc1. The van der Waals surface area contributed by atoms with Crippen LogP contribution in [0, 0.1) is 6.92 Å². The number of aryl methyl sites for hydroxylation is 1. The summed E-state index contributed by atoms with van der Waals surface area (Å²) >= 11 is 0. The monoisotopic (exact) mass is 319 g/mol. The molecule has 0 aliphatic carbocycles. The van der Waals surface area contributed by atoms with Crippen LogP contribution in [-0.4, -0.2) is 16.5 Å². The van der Waals surface area contributed by atoms with Crippen LogP contribution in [-0.2, 0) is 19.6 Å². The number of nitrogens with zero attached hydrogens (tertiary/aromatic N) is 1. The second-order valence-corrected chi connectivity index (χ2v) is 6.19. The molecular formula is C20H21N3O. The molecule has 2 N–H and O–H groups in total. The summed E-state index contributed by atoms with van der Waals surface area (Å²) in [6.45, 7) is 4.54. The molecule has 24 heavy (non-hydrogen) atoms. The van der Waals surface area contributed by atoms with Gasteiger partial charge in [-0.25, -0.2) is 4.98 Å². The van der Waals surface area contributed by atoms with Crippen molar-refractivity contribution in [1.82, 2.24) is 15.3 Å². The summed E-state index contributed by atoms with van der Waals surface area (Å²) in [6.07, 6.45) is 0.989. The quantitative estimate of drug-likeness (QED) is 0.772. The molecule has 2 aromatic carbocycles. The summed E-state index contributed by atoms with van der Waals surface area (Å²) in [5, 5.41) is 3.37. The normalized spacial score (nSPS) is 13.5. The van der Waals surface area contributed by atoms with Crippen LogP contribution >= 0.6 is 0 Å². The van der Waals surface area contributed by atoms with Crippen LogP contribution < -0.4 is 10.1 Å². The van der Waals surface area contributed by atoms with Gasteiger partial charge in [-0.3, -0.25) is 0 Å². The van der Waals surface area contributed by atoms with E-state index in [0.29, 0.717) is 6.61 Å². The maximum absolute atomic E-state index is 5.95. The molecule has 3 aromatic rings. The first-order chi connectivity index (χ1) is 11.8. The highest BCUT2D eigenvalue weighted by atomic mass is 16.5. The zero-order valence-corrected chi connectivity index (χ0v) is 13.8. The standard InChI is InChI=1S/C20H21N3O/c1-14-11-16(20-22-17-9-10-21-12-18(17)23-20)7-8-19(14)24-13-15-5-3-2-4-6-15/h2-8,11,21H,9-10,12-13H2,1H3,(H,22,23). The van der Waals surface area contributed by atoms with Crippen molar-refractivity contribution >= 4 is 0 Å². The van der Waals surface area contributed by atoms with E-state index in [-0.39, 0.29) is 0 Å². The van der Waals surface area contributed by atoms with E-state index in [1.165, 1.54) is 17.0 Å². The maximum atomic E-state index is 5.95. The molecule has 4 heteroatoms. The van der Waals surface area contributed by atoms with Gasteiger partial charge in [0.2, 0.25) is 0 Å². The van der Waals surface area contributed by atoms with E-state index in [2.05, 4.69) is 41.5 Å². The van der Waals surface area contributed by atoms with Crippen molar-refractivity contribution in [2.24, 2.45) is 0 Å². The van der Waals surface area contributed by atoms with Gasteiger partial charge in [0.25, 0.3) is 0 Å². The van der Waals surface area contributed by atoms with Gasteiger partial charge in [-0.05, 0) is 36.2 Å². The molecule has 0 atom stereocenters. The van der Waals surface area contributed by atoms with Gasteiger partial charge < -0.3 is 15.0 Å². The van der Waals surface area contributed by atoms with E-state index in [0.717, 1.165) is 42.2 Å². The van der Waals surface area contributed by atoms with Gasteiger partial charge in [-0.2, -0.15) is 0 Å². The van der Waals surface area contributed by atoms with Crippen molar-refractivity contribution in [1.29, 1.82) is 0 Å². The largest absolute Gasteiger partial charge is 0.489 e. The minimum atomic E-state index is 0.585. The van der Waals surface area contributed by atoms with Gasteiger partial charge in [-0.1, -0.05) is 30.3 Å². The average molecular weight is 319 g/mol. The summed E-state index contributed by atoms with van der Waals surface area (Å²) in [6, 6.07) is 16.5. The predicted molar refractivity (Wildman–Crippen MR) is 94.9 cm³/mol. The van der Waals surface area contributed by atoms with Crippen LogP contribution in [0.1, 0.15) is 22.5 Å². The van der Waals surface area contributed by atoms with E-state index in [4.69, 9.17) is 9.72 Å². The summed E-state index contributed by atoms with van der Waals surface area (Å²) in [5.41, 5.74) is 5.79. The van der Waals surface area contributed by atoms with E-state index in [9.17, 15) is 0 Å². The summed E-state index contributed by atoms with van der Waals surface area (Å²) in [7, 11) is 0. The lowest BCUT2D eigenvalue weighted by molar-refractivity contribution is 0.304. The molecule has 1 aliphatic heterocycles. The smallest absolute Gasteiger partial charge is 0.137 e. The third-order valence-electron chi connectivity index (χ3n) is 4.39.